The lowest BCUT2D eigenvalue weighted by molar-refractivity contribution is 0.340. The van der Waals surface area contributed by atoms with Gasteiger partial charge in [-0.2, -0.15) is 4.31 Å². The fourth-order valence-electron chi connectivity index (χ4n) is 4.07. The maximum Gasteiger partial charge on any atom is 0.252 e. The molecule has 0 aliphatic carbocycles. The van der Waals surface area contributed by atoms with Gasteiger partial charge in [-0.15, -0.1) is 0 Å². The van der Waals surface area contributed by atoms with Crippen molar-refractivity contribution in [2.75, 3.05) is 13.2 Å². The normalized spacial score (nSPS) is 11.8. The van der Waals surface area contributed by atoms with Crippen LogP contribution in [-0.4, -0.2) is 30.9 Å². The van der Waals surface area contributed by atoms with E-state index in [0.29, 0.717) is 29.9 Å². The first kappa shape index (κ1) is 24.7. The third-order valence-electron chi connectivity index (χ3n) is 6.10. The Balaban J connectivity index is 1.72. The minimum atomic E-state index is -3.83. The molecule has 7 heteroatoms. The highest BCUT2D eigenvalue weighted by Crippen LogP contribution is 2.23. The van der Waals surface area contributed by atoms with Gasteiger partial charge in [0.1, 0.15) is 5.75 Å². The summed E-state index contributed by atoms with van der Waals surface area (Å²) in [6.07, 6.45) is 0.539. The predicted octanol–water partition coefficient (Wildman–Crippen LogP) is 4.98. The van der Waals surface area contributed by atoms with Gasteiger partial charge in [0, 0.05) is 29.6 Å². The topological polar surface area (TPSA) is 79.5 Å². The summed E-state index contributed by atoms with van der Waals surface area (Å²) in [4.78, 5) is 16.0. The van der Waals surface area contributed by atoms with E-state index in [0.717, 1.165) is 22.1 Å². The minimum absolute atomic E-state index is 0.0355. The molecule has 4 rings (SSSR count). The van der Waals surface area contributed by atoms with Crippen LogP contribution >= 0.6 is 0 Å². The first-order chi connectivity index (χ1) is 16.8. The minimum Gasteiger partial charge on any atom is -0.494 e. The van der Waals surface area contributed by atoms with E-state index < -0.39 is 10.0 Å². The largest absolute Gasteiger partial charge is 0.494 e. The molecule has 0 aliphatic rings. The third-order valence-corrected chi connectivity index (χ3v) is 7.96. The average Bonchev–Trinajstić information content (AvgIpc) is 2.83. The van der Waals surface area contributed by atoms with Gasteiger partial charge in [-0.3, -0.25) is 4.79 Å². The highest BCUT2D eigenvalue weighted by atomic mass is 32.2. The summed E-state index contributed by atoms with van der Waals surface area (Å²) in [6, 6.07) is 21.9. The molecule has 0 amide bonds. The van der Waals surface area contributed by atoms with E-state index in [4.69, 9.17) is 4.74 Å². The second-order valence-corrected chi connectivity index (χ2v) is 10.6. The molecule has 0 unspecified atom stereocenters. The quantitative estimate of drug-likeness (QED) is 0.359. The van der Waals surface area contributed by atoms with Crippen LogP contribution in [0.3, 0.4) is 0 Å². The van der Waals surface area contributed by atoms with Crippen molar-refractivity contribution in [1.29, 1.82) is 0 Å². The zero-order chi connectivity index (χ0) is 25.0. The summed E-state index contributed by atoms with van der Waals surface area (Å²) in [5.74, 6) is 0.696. The SMILES string of the molecule is CCOc1ccc2[nH]c(=O)c(CN(CCc3ccccc3C)S(=O)(=O)c3ccc(C)cc3)cc2c1. The number of fused-ring (bicyclic) bond motifs is 1. The molecule has 0 spiro atoms. The zero-order valence-corrected chi connectivity index (χ0v) is 21.1. The van der Waals surface area contributed by atoms with E-state index in [1.165, 1.54) is 4.31 Å². The number of pyridine rings is 1. The molecule has 0 saturated carbocycles. The van der Waals surface area contributed by atoms with Crippen LogP contribution in [0.1, 0.15) is 29.2 Å². The summed E-state index contributed by atoms with van der Waals surface area (Å²) in [6.45, 7) is 6.58. The molecule has 1 heterocycles. The standard InChI is InChI=1S/C28H30N2O4S/c1-4-34-25-11-14-27-23(18-25)17-24(28(31)29-27)19-30(16-15-22-8-6-5-7-21(22)3)35(32,33)26-12-9-20(2)10-13-26/h5-14,17-18H,4,15-16,19H2,1-3H3,(H,29,31). The zero-order valence-electron chi connectivity index (χ0n) is 20.2. The first-order valence-corrected chi connectivity index (χ1v) is 13.1. The second-order valence-electron chi connectivity index (χ2n) is 8.63. The van der Waals surface area contributed by atoms with Gasteiger partial charge >= 0.3 is 0 Å². The van der Waals surface area contributed by atoms with Crippen LogP contribution in [0.15, 0.2) is 82.5 Å². The van der Waals surface area contributed by atoms with Gasteiger partial charge in [0.2, 0.25) is 10.0 Å². The number of benzene rings is 3. The number of nitrogens with zero attached hydrogens (tertiary/aromatic N) is 1. The molecule has 6 nitrogen and oxygen atoms in total. The summed E-state index contributed by atoms with van der Waals surface area (Å²) in [5.41, 5.74) is 3.91. The van der Waals surface area contributed by atoms with E-state index in [2.05, 4.69) is 4.98 Å². The number of hydrogen-bond donors (Lipinski definition) is 1. The summed E-state index contributed by atoms with van der Waals surface area (Å²) < 4.78 is 34.3. The molecule has 0 radical (unpaired) electrons. The van der Waals surface area contributed by atoms with Gasteiger partial charge in [-0.25, -0.2) is 8.42 Å². The number of hydrogen-bond acceptors (Lipinski definition) is 4. The van der Waals surface area contributed by atoms with Gasteiger partial charge in [-0.05, 0) is 74.7 Å². The van der Waals surface area contributed by atoms with Crippen molar-refractivity contribution in [1.82, 2.24) is 9.29 Å². The molecular formula is C28H30N2O4S. The van der Waals surface area contributed by atoms with Crippen LogP contribution in [-0.2, 0) is 23.0 Å². The van der Waals surface area contributed by atoms with Crippen LogP contribution in [0, 0.1) is 13.8 Å². The smallest absolute Gasteiger partial charge is 0.252 e. The van der Waals surface area contributed by atoms with Crippen molar-refractivity contribution in [2.45, 2.75) is 38.6 Å². The van der Waals surface area contributed by atoms with Gasteiger partial charge in [0.05, 0.1) is 11.5 Å². The maximum atomic E-state index is 13.7. The fraction of sp³-hybridized carbons (Fsp3) is 0.250. The van der Waals surface area contributed by atoms with Gasteiger partial charge in [0.15, 0.2) is 0 Å². The van der Waals surface area contributed by atoms with Crippen molar-refractivity contribution in [3.63, 3.8) is 0 Å². The van der Waals surface area contributed by atoms with Crippen LogP contribution in [0.25, 0.3) is 10.9 Å². The third kappa shape index (κ3) is 5.63. The number of rotatable bonds is 9. The molecule has 3 aromatic carbocycles. The van der Waals surface area contributed by atoms with Crippen LogP contribution in [0.2, 0.25) is 0 Å². The van der Waals surface area contributed by atoms with E-state index in [9.17, 15) is 13.2 Å². The van der Waals surface area contributed by atoms with E-state index in [1.807, 2.05) is 51.1 Å². The molecule has 1 N–H and O–H groups in total. The number of aromatic nitrogens is 1. The van der Waals surface area contributed by atoms with E-state index in [1.54, 1.807) is 42.5 Å². The molecule has 0 bridgehead atoms. The predicted molar refractivity (Wildman–Crippen MR) is 139 cm³/mol. The Bertz CT molecular complexity index is 1490. The van der Waals surface area contributed by atoms with Crippen molar-refractivity contribution in [2.24, 2.45) is 0 Å². The van der Waals surface area contributed by atoms with Crippen molar-refractivity contribution < 1.29 is 13.2 Å². The number of nitrogens with one attached hydrogen (secondary N) is 1. The second kappa shape index (κ2) is 10.5. The summed E-state index contributed by atoms with van der Waals surface area (Å²) >= 11 is 0. The molecular weight excluding hydrogens is 460 g/mol. The summed E-state index contributed by atoms with van der Waals surface area (Å²) in [5, 5.41) is 0.789. The van der Waals surface area contributed by atoms with Crippen molar-refractivity contribution >= 4 is 20.9 Å². The van der Waals surface area contributed by atoms with Crippen LogP contribution in [0.4, 0.5) is 0 Å². The molecule has 0 aliphatic heterocycles. The number of sulfonamides is 1. The Hall–Kier alpha value is -3.42. The summed E-state index contributed by atoms with van der Waals surface area (Å²) in [7, 11) is -3.83. The molecule has 0 saturated heterocycles. The van der Waals surface area contributed by atoms with Crippen LogP contribution in [0.5, 0.6) is 5.75 Å². The van der Waals surface area contributed by atoms with E-state index in [-0.39, 0.29) is 23.5 Å². The molecule has 4 aromatic rings. The van der Waals surface area contributed by atoms with Crippen molar-refractivity contribution in [3.05, 3.63) is 105 Å². The maximum absolute atomic E-state index is 13.7. The molecule has 0 atom stereocenters. The highest BCUT2D eigenvalue weighted by molar-refractivity contribution is 7.89. The molecule has 0 fully saturated rings. The Morgan fingerprint density at radius 1 is 0.914 bits per heavy atom. The first-order valence-electron chi connectivity index (χ1n) is 11.7. The van der Waals surface area contributed by atoms with Crippen LogP contribution < -0.4 is 10.3 Å². The van der Waals surface area contributed by atoms with Gasteiger partial charge in [-0.1, -0.05) is 42.0 Å². The lowest BCUT2D eigenvalue weighted by atomic mass is 10.1. The Morgan fingerprint density at radius 3 is 2.37 bits per heavy atom. The number of aryl methyl sites for hydroxylation is 2. The van der Waals surface area contributed by atoms with Gasteiger partial charge < -0.3 is 9.72 Å². The highest BCUT2D eigenvalue weighted by Gasteiger charge is 2.26. The molecule has 182 valence electrons. The number of H-pyrrole nitrogens is 1. The Kier molecular flexibility index (Phi) is 7.38. The fourth-order valence-corrected chi connectivity index (χ4v) is 5.49. The number of aromatic amines is 1. The Morgan fingerprint density at radius 2 is 1.66 bits per heavy atom. The van der Waals surface area contributed by atoms with Gasteiger partial charge in [0.25, 0.3) is 5.56 Å². The lowest BCUT2D eigenvalue weighted by Gasteiger charge is -2.23. The molecule has 35 heavy (non-hydrogen) atoms. The lowest BCUT2D eigenvalue weighted by Crippen LogP contribution is -2.34. The monoisotopic (exact) mass is 490 g/mol. The molecule has 1 aromatic heterocycles. The average molecular weight is 491 g/mol. The van der Waals surface area contributed by atoms with Crippen molar-refractivity contribution in [3.8, 4) is 5.75 Å². The Labute approximate surface area is 206 Å². The van der Waals surface area contributed by atoms with E-state index >= 15 is 0 Å². The number of ether oxygens (including phenoxy) is 1.